The first-order valence-corrected chi connectivity index (χ1v) is 13.0. The molecule has 0 saturated heterocycles. The van der Waals surface area contributed by atoms with Crippen LogP contribution in [0.1, 0.15) is 11.1 Å². The zero-order chi connectivity index (χ0) is 25.3. The molecule has 0 spiro atoms. The van der Waals surface area contributed by atoms with Crippen LogP contribution in [0.15, 0.2) is 90.0 Å². The van der Waals surface area contributed by atoms with E-state index in [-0.39, 0.29) is 4.90 Å². The van der Waals surface area contributed by atoms with Crippen LogP contribution in [0, 0.1) is 6.92 Å². The van der Waals surface area contributed by atoms with Gasteiger partial charge >= 0.3 is 0 Å². The third-order valence-electron chi connectivity index (χ3n) is 5.63. The first-order chi connectivity index (χ1) is 17.3. The molecule has 0 fully saturated rings. The molecule has 0 bridgehead atoms. The van der Waals surface area contributed by atoms with Gasteiger partial charge in [-0.25, -0.2) is 13.4 Å². The van der Waals surface area contributed by atoms with E-state index < -0.39 is 10.0 Å². The molecule has 10 heteroatoms. The summed E-state index contributed by atoms with van der Waals surface area (Å²) < 4.78 is 29.8. The van der Waals surface area contributed by atoms with Crippen LogP contribution >= 0.6 is 11.6 Å². The lowest BCUT2D eigenvalue weighted by molar-refractivity contribution is 0.601. The zero-order valence-corrected chi connectivity index (χ0v) is 20.9. The highest BCUT2D eigenvalue weighted by molar-refractivity contribution is 7.92. The van der Waals surface area contributed by atoms with E-state index in [0.29, 0.717) is 39.9 Å². The van der Waals surface area contributed by atoms with E-state index in [0.717, 1.165) is 16.7 Å². The topological polar surface area (TPSA) is 88.4 Å². The lowest BCUT2D eigenvalue weighted by Gasteiger charge is -2.13. The lowest BCUT2D eigenvalue weighted by atomic mass is 10.0. The number of aromatic nitrogens is 3. The molecule has 3 aromatic carbocycles. The molecule has 0 unspecified atom stereocenters. The van der Waals surface area contributed by atoms with Crippen LogP contribution in [0.25, 0.3) is 16.9 Å². The molecular formula is C26H21BClN5O2S. The van der Waals surface area contributed by atoms with Crippen molar-refractivity contribution in [3.63, 3.8) is 0 Å². The van der Waals surface area contributed by atoms with Gasteiger partial charge in [0.1, 0.15) is 13.7 Å². The Balaban J connectivity index is 1.40. The van der Waals surface area contributed by atoms with Crippen LogP contribution in [0.5, 0.6) is 0 Å². The minimum atomic E-state index is -3.70. The molecule has 2 N–H and O–H groups in total. The van der Waals surface area contributed by atoms with Crippen molar-refractivity contribution in [3.05, 3.63) is 101 Å². The second-order valence-corrected chi connectivity index (χ2v) is 10.4. The van der Waals surface area contributed by atoms with Crippen molar-refractivity contribution in [2.45, 2.75) is 18.4 Å². The Morgan fingerprint density at radius 1 is 1.00 bits per heavy atom. The molecule has 0 aliphatic rings. The van der Waals surface area contributed by atoms with Crippen LogP contribution < -0.4 is 15.5 Å². The Labute approximate surface area is 215 Å². The number of rotatable bonds is 7. The first kappa shape index (κ1) is 23.9. The fourth-order valence-electron chi connectivity index (χ4n) is 3.78. The maximum atomic E-state index is 12.8. The summed E-state index contributed by atoms with van der Waals surface area (Å²) in [4.78, 5) is 4.85. The van der Waals surface area contributed by atoms with Crippen LogP contribution in [0.2, 0.25) is 5.02 Å². The van der Waals surface area contributed by atoms with Gasteiger partial charge in [0.15, 0.2) is 5.65 Å². The molecule has 7 nitrogen and oxygen atoms in total. The van der Waals surface area contributed by atoms with E-state index in [4.69, 9.17) is 19.4 Å². The summed E-state index contributed by atoms with van der Waals surface area (Å²) >= 11 is 6.40. The van der Waals surface area contributed by atoms with Gasteiger partial charge in [-0.15, -0.1) is 0 Å². The summed E-state index contributed by atoms with van der Waals surface area (Å²) in [5.74, 6) is 0.664. The van der Waals surface area contributed by atoms with Gasteiger partial charge in [0.05, 0.1) is 10.6 Å². The van der Waals surface area contributed by atoms with E-state index in [1.165, 1.54) is 0 Å². The summed E-state index contributed by atoms with van der Waals surface area (Å²) in [6.45, 7) is 2.31. The van der Waals surface area contributed by atoms with Crippen LogP contribution in [-0.4, -0.2) is 30.9 Å². The number of hydrogen-bond acceptors (Lipinski definition) is 5. The Kier molecular flexibility index (Phi) is 6.43. The summed E-state index contributed by atoms with van der Waals surface area (Å²) in [6.07, 6.45) is 1.55. The number of nitrogens with one attached hydrogen (secondary N) is 2. The predicted octanol–water partition coefficient (Wildman–Crippen LogP) is 4.56. The van der Waals surface area contributed by atoms with Crippen molar-refractivity contribution in [2.75, 3.05) is 10.0 Å². The molecular weight excluding hydrogens is 493 g/mol. The molecule has 178 valence electrons. The quantitative estimate of drug-likeness (QED) is 0.311. The Morgan fingerprint density at radius 2 is 1.78 bits per heavy atom. The number of sulfonamides is 1. The maximum absolute atomic E-state index is 12.8. The highest BCUT2D eigenvalue weighted by Gasteiger charge is 2.15. The van der Waals surface area contributed by atoms with Crippen molar-refractivity contribution in [3.8, 4) is 11.3 Å². The van der Waals surface area contributed by atoms with Crippen LogP contribution in [-0.2, 0) is 16.6 Å². The minimum absolute atomic E-state index is 0.208. The molecule has 0 atom stereocenters. The molecule has 5 aromatic rings. The SMILES string of the molecule is [B]c1cnn2c(NCc3cccc(NS(=O)(=O)c4ccc(C)cc4)c3)cc(-c3ccccc3Cl)nc12. The van der Waals surface area contributed by atoms with Crippen molar-refractivity contribution < 1.29 is 8.42 Å². The molecule has 2 aromatic heterocycles. The van der Waals surface area contributed by atoms with E-state index in [1.54, 1.807) is 59.2 Å². The van der Waals surface area contributed by atoms with Crippen molar-refractivity contribution in [2.24, 2.45) is 0 Å². The Hall–Kier alpha value is -3.82. The van der Waals surface area contributed by atoms with Gasteiger partial charge in [0, 0.05) is 35.1 Å². The number of anilines is 2. The van der Waals surface area contributed by atoms with E-state index in [1.807, 2.05) is 37.3 Å². The van der Waals surface area contributed by atoms with Gasteiger partial charge in [-0.3, -0.25) is 4.72 Å². The average molecular weight is 514 g/mol. The van der Waals surface area contributed by atoms with E-state index >= 15 is 0 Å². The van der Waals surface area contributed by atoms with Gasteiger partial charge in [-0.2, -0.15) is 9.61 Å². The third-order valence-corrected chi connectivity index (χ3v) is 7.36. The largest absolute Gasteiger partial charge is 0.366 e. The summed E-state index contributed by atoms with van der Waals surface area (Å²) in [7, 11) is 2.40. The summed E-state index contributed by atoms with van der Waals surface area (Å²) in [6, 6.07) is 23.2. The Bertz CT molecular complexity index is 1670. The number of hydrogen-bond donors (Lipinski definition) is 2. The van der Waals surface area contributed by atoms with Gasteiger partial charge in [0.2, 0.25) is 0 Å². The lowest BCUT2D eigenvalue weighted by Crippen LogP contribution is -2.13. The molecule has 0 saturated carbocycles. The fourth-order valence-corrected chi connectivity index (χ4v) is 5.06. The van der Waals surface area contributed by atoms with Crippen LogP contribution in [0.4, 0.5) is 11.5 Å². The van der Waals surface area contributed by atoms with Crippen LogP contribution in [0.3, 0.4) is 0 Å². The number of benzene rings is 3. The van der Waals surface area contributed by atoms with Gasteiger partial charge in [-0.1, -0.05) is 59.6 Å². The second-order valence-electron chi connectivity index (χ2n) is 8.31. The van der Waals surface area contributed by atoms with Gasteiger partial charge in [0.25, 0.3) is 10.0 Å². The fraction of sp³-hybridized carbons (Fsp3) is 0.0769. The van der Waals surface area contributed by atoms with Gasteiger partial charge < -0.3 is 5.32 Å². The smallest absolute Gasteiger partial charge is 0.261 e. The normalized spacial score (nSPS) is 11.5. The molecule has 0 aliphatic heterocycles. The maximum Gasteiger partial charge on any atom is 0.261 e. The molecule has 0 aliphatic carbocycles. The number of aryl methyl sites for hydroxylation is 1. The van der Waals surface area contributed by atoms with E-state index in [2.05, 4.69) is 20.1 Å². The number of halogens is 1. The number of fused-ring (bicyclic) bond motifs is 1. The predicted molar refractivity (Wildman–Crippen MR) is 145 cm³/mol. The summed E-state index contributed by atoms with van der Waals surface area (Å²) in [5.41, 5.74) is 4.71. The molecule has 2 heterocycles. The zero-order valence-electron chi connectivity index (χ0n) is 19.3. The minimum Gasteiger partial charge on any atom is -0.366 e. The molecule has 5 rings (SSSR count). The molecule has 0 amide bonds. The third kappa shape index (κ3) is 4.93. The van der Waals surface area contributed by atoms with Gasteiger partial charge in [-0.05, 0) is 48.3 Å². The molecule has 2 radical (unpaired) electrons. The monoisotopic (exact) mass is 513 g/mol. The van der Waals surface area contributed by atoms with Crippen molar-refractivity contribution in [1.82, 2.24) is 14.6 Å². The highest BCUT2D eigenvalue weighted by atomic mass is 35.5. The first-order valence-electron chi connectivity index (χ1n) is 11.1. The number of nitrogens with zero attached hydrogens (tertiary/aromatic N) is 3. The average Bonchev–Trinajstić information content (AvgIpc) is 3.24. The Morgan fingerprint density at radius 3 is 2.56 bits per heavy atom. The van der Waals surface area contributed by atoms with E-state index in [9.17, 15) is 8.42 Å². The molecule has 36 heavy (non-hydrogen) atoms. The second kappa shape index (κ2) is 9.68. The standard InChI is InChI=1S/C26H21BClN5O2S/c1-17-9-11-20(12-10-17)36(34,35)32-19-6-4-5-18(13-19)15-29-25-14-24(21-7-2-3-8-23(21)28)31-26-22(27)16-30-33(25)26/h2-14,16,29,32H,15H2,1H3. The summed E-state index contributed by atoms with van der Waals surface area (Å²) in [5, 5.41) is 8.27. The van der Waals surface area contributed by atoms with Crippen molar-refractivity contribution >= 4 is 52.1 Å². The highest BCUT2D eigenvalue weighted by Crippen LogP contribution is 2.28. The van der Waals surface area contributed by atoms with Crippen molar-refractivity contribution in [1.29, 1.82) is 0 Å².